The van der Waals surface area contributed by atoms with Crippen LogP contribution in [0.1, 0.15) is 24.0 Å². The van der Waals surface area contributed by atoms with Gasteiger partial charge in [0.15, 0.2) is 0 Å². The molecule has 0 aliphatic carbocycles. The molecule has 3 heterocycles. The lowest BCUT2D eigenvalue weighted by molar-refractivity contribution is -0.140. The molecule has 0 spiro atoms. The van der Waals surface area contributed by atoms with Crippen molar-refractivity contribution < 1.29 is 9.59 Å². The smallest absolute Gasteiger partial charge is 0.248 e. The van der Waals surface area contributed by atoms with Crippen molar-refractivity contribution in [3.63, 3.8) is 0 Å². The fraction of sp³-hybridized carbons (Fsp3) is 0.435. The van der Waals surface area contributed by atoms with Crippen molar-refractivity contribution in [2.75, 3.05) is 34.9 Å². The number of carbonyl (C=O) groups is 2. The van der Waals surface area contributed by atoms with Crippen molar-refractivity contribution in [3.05, 3.63) is 52.7 Å². The molecule has 4 rings (SSSR count). The summed E-state index contributed by atoms with van der Waals surface area (Å²) in [5, 5.41) is 3.64. The number of aromatic nitrogens is 1. The minimum atomic E-state index is -0.422. The molecule has 2 aromatic rings. The van der Waals surface area contributed by atoms with Gasteiger partial charge in [0.05, 0.1) is 10.9 Å². The Morgan fingerprint density at radius 1 is 1.16 bits per heavy atom. The number of benzene rings is 1. The number of aryl methyl sites for hydroxylation is 2. The monoisotopic (exact) mass is 458 g/mol. The van der Waals surface area contributed by atoms with Crippen molar-refractivity contribution in [2.45, 2.75) is 32.7 Å². The maximum absolute atomic E-state index is 13.2. The molecule has 0 bridgehead atoms. The van der Waals surface area contributed by atoms with Gasteiger partial charge in [0, 0.05) is 36.6 Å². The van der Waals surface area contributed by atoms with Gasteiger partial charge in [-0.2, -0.15) is 0 Å². The number of halogens is 1. The second-order valence-electron chi connectivity index (χ2n) is 8.23. The highest BCUT2D eigenvalue weighted by atomic mass is 35.5. The number of nitrogens with zero attached hydrogens (tertiary/aromatic N) is 3. The number of nitrogens with one attached hydrogen (secondary N) is 1. The van der Waals surface area contributed by atoms with Gasteiger partial charge in [-0.15, -0.1) is 11.8 Å². The second-order valence-corrected chi connectivity index (χ2v) is 9.66. The fourth-order valence-corrected chi connectivity index (χ4v) is 5.47. The normalized spacial score (nSPS) is 19.5. The van der Waals surface area contributed by atoms with Crippen LogP contribution in [-0.2, 0) is 9.59 Å². The Hall–Kier alpha value is -2.25. The molecule has 0 saturated carbocycles. The third kappa shape index (κ3) is 4.99. The van der Waals surface area contributed by atoms with Gasteiger partial charge in [0.25, 0.3) is 0 Å². The maximum atomic E-state index is 13.2. The van der Waals surface area contributed by atoms with Gasteiger partial charge in [-0.05, 0) is 50.5 Å². The Kier molecular flexibility index (Phi) is 6.72. The van der Waals surface area contributed by atoms with Crippen molar-refractivity contribution in [3.8, 4) is 0 Å². The molecule has 6 nitrogen and oxygen atoms in total. The molecule has 8 heteroatoms. The summed E-state index contributed by atoms with van der Waals surface area (Å²) < 4.78 is 0. The van der Waals surface area contributed by atoms with Crippen LogP contribution in [-0.4, -0.2) is 52.5 Å². The van der Waals surface area contributed by atoms with Crippen molar-refractivity contribution >= 4 is 46.7 Å². The Labute approximate surface area is 192 Å². The van der Waals surface area contributed by atoms with Gasteiger partial charge in [-0.25, -0.2) is 4.98 Å². The number of pyridine rings is 1. The highest BCUT2D eigenvalue weighted by molar-refractivity contribution is 7.99. The van der Waals surface area contributed by atoms with Gasteiger partial charge < -0.3 is 15.1 Å². The summed E-state index contributed by atoms with van der Waals surface area (Å²) in [4.78, 5) is 34.5. The van der Waals surface area contributed by atoms with E-state index in [-0.39, 0.29) is 17.7 Å². The van der Waals surface area contributed by atoms with E-state index < -0.39 is 6.04 Å². The third-order valence-electron chi connectivity index (χ3n) is 5.99. The van der Waals surface area contributed by atoms with Crippen LogP contribution < -0.4 is 10.2 Å². The molecular weight excluding hydrogens is 432 g/mol. The average Bonchev–Trinajstić information content (AvgIpc) is 3.26. The maximum Gasteiger partial charge on any atom is 0.248 e. The van der Waals surface area contributed by atoms with Crippen molar-refractivity contribution in [2.24, 2.45) is 5.92 Å². The standard InChI is InChI=1S/C23H27ClN4O2S/c1-15-3-5-19(16(2)11-15)26-22(29)20-13-31-14-28(20)23(30)17-7-9-27(10-8-17)21-6-4-18(24)12-25-21/h3-6,11-12,17,20H,7-10,13-14H2,1-2H3,(H,26,29). The van der Waals surface area contributed by atoms with Gasteiger partial charge in [-0.1, -0.05) is 29.3 Å². The Morgan fingerprint density at radius 3 is 2.61 bits per heavy atom. The van der Waals surface area contributed by atoms with E-state index in [9.17, 15) is 9.59 Å². The molecule has 1 unspecified atom stereocenters. The average molecular weight is 459 g/mol. The number of anilines is 2. The minimum Gasteiger partial charge on any atom is -0.357 e. The van der Waals surface area contributed by atoms with E-state index >= 15 is 0 Å². The molecule has 0 radical (unpaired) electrons. The number of hydrogen-bond donors (Lipinski definition) is 1. The van der Waals surface area contributed by atoms with E-state index in [1.807, 2.05) is 44.2 Å². The lowest BCUT2D eigenvalue weighted by Crippen LogP contribution is -2.49. The molecule has 1 aromatic carbocycles. The topological polar surface area (TPSA) is 65.5 Å². The first-order valence-corrected chi connectivity index (χ1v) is 12.1. The zero-order valence-corrected chi connectivity index (χ0v) is 19.4. The van der Waals surface area contributed by atoms with Gasteiger partial charge in [-0.3, -0.25) is 9.59 Å². The van der Waals surface area contributed by atoms with Crippen LogP contribution in [0.15, 0.2) is 36.5 Å². The van der Waals surface area contributed by atoms with E-state index in [2.05, 4.69) is 15.2 Å². The highest BCUT2D eigenvalue weighted by Crippen LogP contribution is 2.29. The molecule has 1 N–H and O–H groups in total. The van der Waals surface area contributed by atoms with E-state index in [1.165, 1.54) is 0 Å². The van der Waals surface area contributed by atoms with Crippen LogP contribution >= 0.6 is 23.4 Å². The molecule has 164 valence electrons. The molecular formula is C23H27ClN4O2S. The highest BCUT2D eigenvalue weighted by Gasteiger charge is 2.38. The van der Waals surface area contributed by atoms with Crippen LogP contribution in [0.3, 0.4) is 0 Å². The molecule has 2 aliphatic rings. The number of amides is 2. The van der Waals surface area contributed by atoms with Gasteiger partial charge in [0.2, 0.25) is 11.8 Å². The third-order valence-corrected chi connectivity index (χ3v) is 7.22. The zero-order chi connectivity index (χ0) is 22.0. The molecule has 1 aromatic heterocycles. The summed E-state index contributed by atoms with van der Waals surface area (Å²) in [5.74, 6) is 2.03. The Bertz CT molecular complexity index is 961. The summed E-state index contributed by atoms with van der Waals surface area (Å²) in [6.07, 6.45) is 3.17. The fourth-order valence-electron chi connectivity index (χ4n) is 4.19. The van der Waals surface area contributed by atoms with Crippen LogP contribution in [0.2, 0.25) is 5.02 Å². The lowest BCUT2D eigenvalue weighted by atomic mass is 9.95. The zero-order valence-electron chi connectivity index (χ0n) is 17.8. The van der Waals surface area contributed by atoms with Crippen LogP contribution in [0, 0.1) is 19.8 Å². The largest absolute Gasteiger partial charge is 0.357 e. The SMILES string of the molecule is Cc1ccc(NC(=O)C2CSCN2C(=O)C2CCN(c3ccc(Cl)cn3)CC2)c(C)c1. The van der Waals surface area contributed by atoms with E-state index in [0.29, 0.717) is 16.7 Å². The lowest BCUT2D eigenvalue weighted by Gasteiger charge is -2.35. The molecule has 2 aliphatic heterocycles. The number of rotatable bonds is 4. The first-order chi connectivity index (χ1) is 14.9. The van der Waals surface area contributed by atoms with Crippen molar-refractivity contribution in [1.29, 1.82) is 0 Å². The number of piperidine rings is 1. The minimum absolute atomic E-state index is 0.0568. The summed E-state index contributed by atoms with van der Waals surface area (Å²) in [7, 11) is 0. The molecule has 2 fully saturated rings. The first kappa shape index (κ1) is 22.0. The number of hydrogen-bond acceptors (Lipinski definition) is 5. The number of carbonyl (C=O) groups excluding carboxylic acids is 2. The van der Waals surface area contributed by atoms with Crippen LogP contribution in [0.4, 0.5) is 11.5 Å². The predicted octanol–water partition coefficient (Wildman–Crippen LogP) is 4.11. The quantitative estimate of drug-likeness (QED) is 0.746. The van der Waals surface area contributed by atoms with Gasteiger partial charge in [0.1, 0.15) is 11.9 Å². The number of thioether (sulfide) groups is 1. The van der Waals surface area contributed by atoms with Crippen LogP contribution in [0.25, 0.3) is 0 Å². The second kappa shape index (κ2) is 9.49. The summed E-state index contributed by atoms with van der Waals surface area (Å²) >= 11 is 7.57. The Morgan fingerprint density at radius 2 is 1.94 bits per heavy atom. The van der Waals surface area contributed by atoms with Crippen LogP contribution in [0.5, 0.6) is 0 Å². The summed E-state index contributed by atoms with van der Waals surface area (Å²) in [6.45, 7) is 5.55. The van der Waals surface area contributed by atoms with E-state index in [1.54, 1.807) is 22.9 Å². The molecule has 2 amide bonds. The first-order valence-electron chi connectivity index (χ1n) is 10.5. The van der Waals surface area contributed by atoms with Gasteiger partial charge >= 0.3 is 0 Å². The van der Waals surface area contributed by atoms with E-state index in [0.717, 1.165) is 48.6 Å². The predicted molar refractivity (Wildman–Crippen MR) is 127 cm³/mol. The molecule has 2 saturated heterocycles. The van der Waals surface area contributed by atoms with Crippen molar-refractivity contribution in [1.82, 2.24) is 9.88 Å². The van der Waals surface area contributed by atoms with E-state index in [4.69, 9.17) is 11.6 Å². The molecule has 31 heavy (non-hydrogen) atoms. The molecule has 1 atom stereocenters. The Balaban J connectivity index is 1.36. The summed E-state index contributed by atoms with van der Waals surface area (Å²) in [5.41, 5.74) is 2.99. The summed E-state index contributed by atoms with van der Waals surface area (Å²) in [6, 6.07) is 9.28.